The average Bonchev–Trinajstić information content (AvgIpc) is 2.84. The molecule has 0 fully saturated rings. The van der Waals surface area contributed by atoms with Gasteiger partial charge in [-0.05, 0) is 31.5 Å². The molecule has 0 saturated heterocycles. The molecule has 1 unspecified atom stereocenters. The van der Waals surface area contributed by atoms with Gasteiger partial charge in [0.1, 0.15) is 12.1 Å². The summed E-state index contributed by atoms with van der Waals surface area (Å²) in [7, 11) is 3.39. The fourth-order valence-corrected chi connectivity index (χ4v) is 2.01. The number of hydrogen-bond donors (Lipinski definition) is 1. The normalized spacial score (nSPS) is 12.0. The maximum absolute atomic E-state index is 12.3. The molecule has 1 N–H and O–H groups in total. The van der Waals surface area contributed by atoms with Crippen LogP contribution >= 0.6 is 0 Å². The number of benzene rings is 1. The third-order valence-corrected chi connectivity index (χ3v) is 3.08. The lowest BCUT2D eigenvalue weighted by Gasteiger charge is -2.14. The minimum absolute atomic E-state index is 0.197. The van der Waals surface area contributed by atoms with E-state index >= 15 is 0 Å². The van der Waals surface area contributed by atoms with Crippen molar-refractivity contribution >= 4 is 5.91 Å². The molecule has 1 aromatic carbocycles. The number of rotatable bonds is 4. The Morgan fingerprint density at radius 1 is 1.45 bits per heavy atom. The van der Waals surface area contributed by atoms with Crippen LogP contribution in [-0.2, 0) is 7.05 Å². The van der Waals surface area contributed by atoms with Crippen molar-refractivity contribution in [2.24, 2.45) is 7.05 Å². The van der Waals surface area contributed by atoms with Gasteiger partial charge in [-0.2, -0.15) is 0 Å². The molecular weight excluding hydrogens is 256 g/mol. The third kappa shape index (κ3) is 2.79. The van der Waals surface area contributed by atoms with Crippen LogP contribution in [0.2, 0.25) is 0 Å². The van der Waals surface area contributed by atoms with E-state index in [9.17, 15) is 4.79 Å². The molecule has 1 amide bonds. The lowest BCUT2D eigenvalue weighted by molar-refractivity contribution is 0.0934. The predicted octanol–water partition coefficient (Wildman–Crippen LogP) is 1.62. The molecule has 6 nitrogen and oxygen atoms in total. The Labute approximate surface area is 117 Å². The summed E-state index contributed by atoms with van der Waals surface area (Å²) in [5.74, 6) is 1.06. The Morgan fingerprint density at radius 3 is 2.80 bits per heavy atom. The van der Waals surface area contributed by atoms with E-state index in [-0.39, 0.29) is 11.9 Å². The van der Waals surface area contributed by atoms with Crippen molar-refractivity contribution < 1.29 is 9.53 Å². The molecule has 0 saturated carbocycles. The van der Waals surface area contributed by atoms with Gasteiger partial charge in [0.25, 0.3) is 5.91 Å². The van der Waals surface area contributed by atoms with Gasteiger partial charge < -0.3 is 14.6 Å². The van der Waals surface area contributed by atoms with Crippen molar-refractivity contribution in [1.29, 1.82) is 0 Å². The molecule has 6 heteroatoms. The SMILES string of the molecule is COc1cc(C)ccc1C(=O)NC(C)c1nncn1C. The minimum atomic E-state index is -0.235. The Balaban J connectivity index is 2.18. The maximum atomic E-state index is 12.3. The van der Waals surface area contributed by atoms with Crippen molar-refractivity contribution in [3.8, 4) is 5.75 Å². The number of nitrogens with one attached hydrogen (secondary N) is 1. The number of amides is 1. The first-order chi connectivity index (χ1) is 9.52. The van der Waals surface area contributed by atoms with Gasteiger partial charge >= 0.3 is 0 Å². The number of carbonyl (C=O) groups excluding carboxylic acids is 1. The molecule has 106 valence electrons. The number of carbonyl (C=O) groups is 1. The summed E-state index contributed by atoms with van der Waals surface area (Å²) < 4.78 is 7.02. The smallest absolute Gasteiger partial charge is 0.255 e. The Kier molecular flexibility index (Phi) is 4.02. The molecule has 0 bridgehead atoms. The van der Waals surface area contributed by atoms with Crippen LogP contribution in [0.1, 0.15) is 34.7 Å². The quantitative estimate of drug-likeness (QED) is 0.920. The fourth-order valence-electron chi connectivity index (χ4n) is 2.01. The predicted molar refractivity (Wildman–Crippen MR) is 74.6 cm³/mol. The van der Waals surface area contributed by atoms with Crippen LogP contribution in [0, 0.1) is 6.92 Å². The van der Waals surface area contributed by atoms with Crippen molar-refractivity contribution in [3.63, 3.8) is 0 Å². The molecule has 20 heavy (non-hydrogen) atoms. The van der Waals surface area contributed by atoms with Crippen LogP contribution in [-0.4, -0.2) is 27.8 Å². The topological polar surface area (TPSA) is 69.0 Å². The zero-order valence-corrected chi connectivity index (χ0v) is 12.0. The van der Waals surface area contributed by atoms with E-state index in [1.165, 1.54) is 0 Å². The van der Waals surface area contributed by atoms with E-state index in [2.05, 4.69) is 15.5 Å². The van der Waals surface area contributed by atoms with Gasteiger partial charge in [0, 0.05) is 7.05 Å². The lowest BCUT2D eigenvalue weighted by Crippen LogP contribution is -2.28. The first kappa shape index (κ1) is 14.0. The molecule has 1 heterocycles. The number of ether oxygens (including phenoxy) is 1. The van der Waals surface area contributed by atoms with Crippen molar-refractivity contribution in [3.05, 3.63) is 41.5 Å². The summed E-state index contributed by atoms with van der Waals surface area (Å²) in [6.45, 7) is 3.81. The molecule has 0 aliphatic rings. The first-order valence-electron chi connectivity index (χ1n) is 6.32. The molecule has 2 rings (SSSR count). The molecule has 0 aliphatic carbocycles. The highest BCUT2D eigenvalue weighted by Crippen LogP contribution is 2.20. The summed E-state index contributed by atoms with van der Waals surface area (Å²) >= 11 is 0. The second-order valence-corrected chi connectivity index (χ2v) is 4.70. The third-order valence-electron chi connectivity index (χ3n) is 3.08. The van der Waals surface area contributed by atoms with Crippen LogP contribution in [0.5, 0.6) is 5.75 Å². The Hall–Kier alpha value is -2.37. The van der Waals surface area contributed by atoms with Crippen LogP contribution in [0.4, 0.5) is 0 Å². The van der Waals surface area contributed by atoms with Gasteiger partial charge in [0.2, 0.25) is 0 Å². The van der Waals surface area contributed by atoms with Gasteiger partial charge in [-0.1, -0.05) is 6.07 Å². The second kappa shape index (κ2) is 5.73. The van der Waals surface area contributed by atoms with Crippen LogP contribution in [0.3, 0.4) is 0 Å². The average molecular weight is 274 g/mol. The molecular formula is C14H18N4O2. The molecule has 1 atom stereocenters. The van der Waals surface area contributed by atoms with E-state index in [4.69, 9.17) is 4.74 Å². The van der Waals surface area contributed by atoms with Gasteiger partial charge in [-0.3, -0.25) is 4.79 Å². The van der Waals surface area contributed by atoms with Gasteiger partial charge in [-0.15, -0.1) is 10.2 Å². The zero-order chi connectivity index (χ0) is 14.7. The number of hydrogen-bond acceptors (Lipinski definition) is 4. The summed E-state index contributed by atoms with van der Waals surface area (Å²) in [6.07, 6.45) is 1.60. The maximum Gasteiger partial charge on any atom is 0.255 e. The monoisotopic (exact) mass is 274 g/mol. The molecule has 0 spiro atoms. The van der Waals surface area contributed by atoms with Gasteiger partial charge in [0.05, 0.1) is 18.7 Å². The standard InChI is InChI=1S/C14H18N4O2/c1-9-5-6-11(12(7-9)20-4)14(19)16-10(2)13-17-15-8-18(13)3/h5-8,10H,1-4H3,(H,16,19). The minimum Gasteiger partial charge on any atom is -0.496 e. The molecule has 0 aliphatic heterocycles. The highest BCUT2D eigenvalue weighted by molar-refractivity contribution is 5.97. The first-order valence-corrected chi connectivity index (χ1v) is 6.32. The molecule has 2 aromatic rings. The van der Waals surface area contributed by atoms with E-state index in [1.54, 1.807) is 24.1 Å². The van der Waals surface area contributed by atoms with E-state index in [1.807, 2.05) is 33.0 Å². The Bertz CT molecular complexity index is 621. The second-order valence-electron chi connectivity index (χ2n) is 4.70. The summed E-state index contributed by atoms with van der Waals surface area (Å²) in [4.78, 5) is 12.3. The Morgan fingerprint density at radius 2 is 2.20 bits per heavy atom. The van der Waals surface area contributed by atoms with Crippen molar-refractivity contribution in [1.82, 2.24) is 20.1 Å². The van der Waals surface area contributed by atoms with Crippen molar-refractivity contribution in [2.45, 2.75) is 19.9 Å². The number of methoxy groups -OCH3 is 1. The number of aromatic nitrogens is 3. The lowest BCUT2D eigenvalue weighted by atomic mass is 10.1. The number of nitrogens with zero attached hydrogens (tertiary/aromatic N) is 3. The van der Waals surface area contributed by atoms with Crippen LogP contribution in [0.15, 0.2) is 24.5 Å². The summed E-state index contributed by atoms with van der Waals surface area (Å²) in [5, 5.41) is 10.7. The summed E-state index contributed by atoms with van der Waals surface area (Å²) in [5.41, 5.74) is 1.55. The largest absolute Gasteiger partial charge is 0.496 e. The molecule has 0 radical (unpaired) electrons. The highest BCUT2D eigenvalue weighted by Gasteiger charge is 2.18. The van der Waals surface area contributed by atoms with E-state index in [0.29, 0.717) is 17.1 Å². The molecule has 1 aromatic heterocycles. The fraction of sp³-hybridized carbons (Fsp3) is 0.357. The van der Waals surface area contributed by atoms with E-state index < -0.39 is 0 Å². The van der Waals surface area contributed by atoms with Crippen LogP contribution < -0.4 is 10.1 Å². The van der Waals surface area contributed by atoms with Crippen LogP contribution in [0.25, 0.3) is 0 Å². The van der Waals surface area contributed by atoms with E-state index in [0.717, 1.165) is 5.56 Å². The number of aryl methyl sites for hydroxylation is 2. The van der Waals surface area contributed by atoms with Crippen molar-refractivity contribution in [2.75, 3.05) is 7.11 Å². The summed E-state index contributed by atoms with van der Waals surface area (Å²) in [6, 6.07) is 5.24. The van der Waals surface area contributed by atoms with Gasteiger partial charge in [0.15, 0.2) is 5.82 Å². The highest BCUT2D eigenvalue weighted by atomic mass is 16.5. The zero-order valence-electron chi connectivity index (χ0n) is 12.0. The van der Waals surface area contributed by atoms with Gasteiger partial charge in [-0.25, -0.2) is 0 Å².